The van der Waals surface area contributed by atoms with Crippen LogP contribution in [0.3, 0.4) is 0 Å². The van der Waals surface area contributed by atoms with Gasteiger partial charge in [0.25, 0.3) is 0 Å². The Bertz CT molecular complexity index is 752. The van der Waals surface area contributed by atoms with Gasteiger partial charge in [-0.05, 0) is 34.1 Å². The number of aromatic nitrogens is 3. The number of hydrogen-bond acceptors (Lipinski definition) is 4. The molecular weight excluding hydrogens is 318 g/mol. The van der Waals surface area contributed by atoms with E-state index in [4.69, 9.17) is 10.8 Å². The number of nitrogens with zero attached hydrogens (tertiary/aromatic N) is 3. The second-order valence-electron chi connectivity index (χ2n) is 4.56. The maximum absolute atomic E-state index is 5.70. The molecule has 3 N–H and O–H groups in total. The highest BCUT2D eigenvalue weighted by atomic mass is 79.9. The van der Waals surface area contributed by atoms with E-state index in [1.54, 1.807) is 4.68 Å². The Hall–Kier alpha value is -1.76. The smallest absolute Gasteiger partial charge is 0.108 e. The number of fused-ring (bicyclic) bond motifs is 1. The maximum atomic E-state index is 5.70. The van der Waals surface area contributed by atoms with E-state index in [9.17, 15) is 0 Å². The average molecular weight is 332 g/mol. The standard InChI is InChI=1S/C14H14BrN5/c1-20-7-6-12(19-20)14(18-16)13-10(15)8-9-4-2-3-5-11(9)17-13/h2-8,14,18H,16H2,1H3. The average Bonchev–Trinajstić information content (AvgIpc) is 2.86. The summed E-state index contributed by atoms with van der Waals surface area (Å²) in [4.78, 5) is 4.69. The molecule has 5 nitrogen and oxygen atoms in total. The molecule has 0 aliphatic carbocycles. The first-order chi connectivity index (χ1) is 9.69. The molecule has 0 aliphatic rings. The van der Waals surface area contributed by atoms with Crippen LogP contribution in [0.5, 0.6) is 0 Å². The summed E-state index contributed by atoms with van der Waals surface area (Å²) in [5.41, 5.74) is 5.37. The predicted molar refractivity (Wildman–Crippen MR) is 81.8 cm³/mol. The molecule has 102 valence electrons. The van der Waals surface area contributed by atoms with Crippen LogP contribution in [0, 0.1) is 0 Å². The van der Waals surface area contributed by atoms with Crippen molar-refractivity contribution in [2.75, 3.05) is 0 Å². The topological polar surface area (TPSA) is 68.8 Å². The summed E-state index contributed by atoms with van der Waals surface area (Å²) in [7, 11) is 1.87. The first-order valence-corrected chi connectivity index (χ1v) is 6.99. The zero-order valence-electron chi connectivity index (χ0n) is 10.9. The second-order valence-corrected chi connectivity index (χ2v) is 5.42. The minimum Gasteiger partial charge on any atom is -0.275 e. The summed E-state index contributed by atoms with van der Waals surface area (Å²) < 4.78 is 2.65. The molecule has 0 amide bonds. The first kappa shape index (κ1) is 13.2. The van der Waals surface area contributed by atoms with Crippen molar-refractivity contribution in [2.45, 2.75) is 6.04 Å². The summed E-state index contributed by atoms with van der Waals surface area (Å²) >= 11 is 3.57. The van der Waals surface area contributed by atoms with Crippen molar-refractivity contribution in [3.05, 3.63) is 58.5 Å². The number of hydrogen-bond donors (Lipinski definition) is 2. The van der Waals surface area contributed by atoms with Gasteiger partial charge in [0.15, 0.2) is 0 Å². The second kappa shape index (κ2) is 5.32. The summed E-state index contributed by atoms with van der Waals surface area (Å²) in [6.07, 6.45) is 1.88. The number of aryl methyl sites for hydroxylation is 1. The fourth-order valence-corrected chi connectivity index (χ4v) is 2.76. The van der Waals surface area contributed by atoms with Crippen LogP contribution in [0.25, 0.3) is 10.9 Å². The fraction of sp³-hybridized carbons (Fsp3) is 0.143. The van der Waals surface area contributed by atoms with Crippen molar-refractivity contribution in [1.29, 1.82) is 0 Å². The van der Waals surface area contributed by atoms with Crippen molar-refractivity contribution in [3.63, 3.8) is 0 Å². The molecule has 0 bridgehead atoms. The van der Waals surface area contributed by atoms with Gasteiger partial charge in [-0.3, -0.25) is 10.5 Å². The van der Waals surface area contributed by atoms with Gasteiger partial charge in [0.2, 0.25) is 0 Å². The highest BCUT2D eigenvalue weighted by Gasteiger charge is 2.20. The van der Waals surface area contributed by atoms with Crippen molar-refractivity contribution >= 4 is 26.8 Å². The number of benzene rings is 1. The van der Waals surface area contributed by atoms with E-state index in [-0.39, 0.29) is 6.04 Å². The van der Waals surface area contributed by atoms with E-state index >= 15 is 0 Å². The first-order valence-electron chi connectivity index (χ1n) is 6.20. The molecule has 1 atom stereocenters. The quantitative estimate of drug-likeness (QED) is 0.570. The number of nitrogens with one attached hydrogen (secondary N) is 1. The summed E-state index contributed by atoms with van der Waals surface area (Å²) in [6.45, 7) is 0. The molecule has 6 heteroatoms. The largest absolute Gasteiger partial charge is 0.275 e. The molecule has 0 fully saturated rings. The number of rotatable bonds is 3. The van der Waals surface area contributed by atoms with Crippen LogP contribution in [0.15, 0.2) is 47.1 Å². The molecule has 1 unspecified atom stereocenters. The Labute approximate surface area is 124 Å². The third-order valence-corrected chi connectivity index (χ3v) is 3.81. The molecule has 0 spiro atoms. The molecule has 2 aromatic heterocycles. The molecule has 3 aromatic rings. The Morgan fingerprint density at radius 3 is 2.80 bits per heavy atom. The molecule has 0 radical (unpaired) electrons. The van der Waals surface area contributed by atoms with E-state index in [1.807, 2.05) is 49.6 Å². The highest BCUT2D eigenvalue weighted by Crippen LogP contribution is 2.28. The van der Waals surface area contributed by atoms with E-state index in [2.05, 4.69) is 26.5 Å². The van der Waals surface area contributed by atoms with Crippen LogP contribution >= 0.6 is 15.9 Å². The summed E-state index contributed by atoms with van der Waals surface area (Å²) in [6, 6.07) is 11.7. The molecule has 1 aromatic carbocycles. The Kier molecular flexibility index (Phi) is 3.52. The highest BCUT2D eigenvalue weighted by molar-refractivity contribution is 9.10. The van der Waals surface area contributed by atoms with Gasteiger partial charge in [-0.25, -0.2) is 10.4 Å². The lowest BCUT2D eigenvalue weighted by molar-refractivity contribution is 0.590. The number of para-hydroxylation sites is 1. The van der Waals surface area contributed by atoms with E-state index < -0.39 is 0 Å². The lowest BCUT2D eigenvalue weighted by Gasteiger charge is -2.15. The van der Waals surface area contributed by atoms with Gasteiger partial charge >= 0.3 is 0 Å². The Morgan fingerprint density at radius 2 is 2.10 bits per heavy atom. The molecular formula is C14H14BrN5. The third-order valence-electron chi connectivity index (χ3n) is 3.17. The SMILES string of the molecule is Cn1ccc(C(NN)c2nc3ccccc3cc2Br)n1. The molecule has 2 heterocycles. The van der Waals surface area contributed by atoms with Crippen LogP contribution in [0.1, 0.15) is 17.4 Å². The predicted octanol–water partition coefficient (Wildman–Crippen LogP) is 2.28. The van der Waals surface area contributed by atoms with Crippen molar-refractivity contribution in [3.8, 4) is 0 Å². The molecule has 0 saturated carbocycles. The fourth-order valence-electron chi connectivity index (χ4n) is 2.20. The summed E-state index contributed by atoms with van der Waals surface area (Å²) in [5, 5.41) is 5.48. The maximum Gasteiger partial charge on any atom is 0.108 e. The van der Waals surface area contributed by atoms with Gasteiger partial charge in [-0.2, -0.15) is 5.10 Å². The number of halogens is 1. The van der Waals surface area contributed by atoms with E-state index in [0.29, 0.717) is 0 Å². The number of pyridine rings is 1. The van der Waals surface area contributed by atoms with Crippen molar-refractivity contribution < 1.29 is 0 Å². The van der Waals surface area contributed by atoms with Gasteiger partial charge in [0.05, 0.1) is 16.9 Å². The minimum absolute atomic E-state index is 0.254. The van der Waals surface area contributed by atoms with Gasteiger partial charge in [0.1, 0.15) is 6.04 Å². The Balaban J connectivity index is 2.14. The Morgan fingerprint density at radius 1 is 1.30 bits per heavy atom. The normalized spacial score (nSPS) is 12.8. The molecule has 0 saturated heterocycles. The monoisotopic (exact) mass is 331 g/mol. The lowest BCUT2D eigenvalue weighted by Crippen LogP contribution is -2.30. The van der Waals surface area contributed by atoms with Gasteiger partial charge < -0.3 is 0 Å². The molecule has 0 aliphatic heterocycles. The lowest BCUT2D eigenvalue weighted by atomic mass is 10.1. The van der Waals surface area contributed by atoms with Crippen LogP contribution in [0.2, 0.25) is 0 Å². The van der Waals surface area contributed by atoms with E-state index in [1.165, 1.54) is 0 Å². The summed E-state index contributed by atoms with van der Waals surface area (Å²) in [5.74, 6) is 5.70. The number of nitrogens with two attached hydrogens (primary N) is 1. The van der Waals surface area contributed by atoms with Crippen LogP contribution in [-0.2, 0) is 7.05 Å². The van der Waals surface area contributed by atoms with E-state index in [0.717, 1.165) is 26.8 Å². The van der Waals surface area contributed by atoms with Crippen LogP contribution in [0.4, 0.5) is 0 Å². The molecule has 20 heavy (non-hydrogen) atoms. The zero-order valence-corrected chi connectivity index (χ0v) is 12.5. The number of hydrazine groups is 1. The van der Waals surface area contributed by atoms with Gasteiger partial charge in [-0.15, -0.1) is 0 Å². The third kappa shape index (κ3) is 2.33. The van der Waals surface area contributed by atoms with Crippen LogP contribution in [-0.4, -0.2) is 14.8 Å². The van der Waals surface area contributed by atoms with Gasteiger partial charge in [0, 0.05) is 23.1 Å². The van der Waals surface area contributed by atoms with Crippen molar-refractivity contribution in [1.82, 2.24) is 20.2 Å². The molecule has 3 rings (SSSR count). The van der Waals surface area contributed by atoms with Crippen molar-refractivity contribution in [2.24, 2.45) is 12.9 Å². The zero-order chi connectivity index (χ0) is 14.1. The van der Waals surface area contributed by atoms with Gasteiger partial charge in [-0.1, -0.05) is 18.2 Å². The van der Waals surface area contributed by atoms with Crippen LogP contribution < -0.4 is 11.3 Å². The minimum atomic E-state index is -0.254.